The van der Waals surface area contributed by atoms with Crippen molar-refractivity contribution in [2.24, 2.45) is 7.05 Å². The van der Waals surface area contributed by atoms with Crippen LogP contribution in [-0.4, -0.2) is 49.3 Å². The van der Waals surface area contributed by atoms with E-state index in [4.69, 9.17) is 0 Å². The fourth-order valence-corrected chi connectivity index (χ4v) is 4.43. The molecule has 2 heterocycles. The van der Waals surface area contributed by atoms with Crippen LogP contribution in [0.5, 0.6) is 0 Å². The molecule has 1 unspecified atom stereocenters. The second-order valence-electron chi connectivity index (χ2n) is 6.02. The fourth-order valence-electron chi connectivity index (χ4n) is 2.79. The molecular formula is C14H25N5O3S. The first-order valence-corrected chi connectivity index (χ1v) is 9.24. The van der Waals surface area contributed by atoms with E-state index in [0.717, 1.165) is 19.4 Å². The molecule has 23 heavy (non-hydrogen) atoms. The second-order valence-corrected chi connectivity index (χ2v) is 7.67. The van der Waals surface area contributed by atoms with Gasteiger partial charge in [0.1, 0.15) is 4.90 Å². The van der Waals surface area contributed by atoms with Crippen molar-refractivity contribution in [3.63, 3.8) is 0 Å². The summed E-state index contributed by atoms with van der Waals surface area (Å²) in [6.07, 6.45) is 1.90. The van der Waals surface area contributed by atoms with Crippen LogP contribution in [0.15, 0.2) is 4.90 Å². The molecule has 1 fully saturated rings. The zero-order valence-electron chi connectivity index (χ0n) is 14.0. The van der Waals surface area contributed by atoms with Crippen LogP contribution in [0.1, 0.15) is 31.2 Å². The smallest absolute Gasteiger partial charge is 0.244 e. The molecule has 130 valence electrons. The Bertz CT molecular complexity index is 677. The van der Waals surface area contributed by atoms with Crippen LogP contribution in [0.3, 0.4) is 0 Å². The highest BCUT2D eigenvalue weighted by Crippen LogP contribution is 2.18. The molecule has 3 N–H and O–H groups in total. The Balaban J connectivity index is 2.05. The molecule has 8 nitrogen and oxygen atoms in total. The summed E-state index contributed by atoms with van der Waals surface area (Å²) in [6, 6.07) is -0.800. The lowest BCUT2D eigenvalue weighted by Crippen LogP contribution is -2.52. The Morgan fingerprint density at radius 2 is 2.13 bits per heavy atom. The third-order valence-electron chi connectivity index (χ3n) is 4.08. The number of aryl methyl sites for hydroxylation is 2. The monoisotopic (exact) mass is 343 g/mol. The molecule has 0 radical (unpaired) electrons. The molecule has 0 bridgehead atoms. The van der Waals surface area contributed by atoms with Crippen LogP contribution in [0.2, 0.25) is 0 Å². The van der Waals surface area contributed by atoms with Crippen LogP contribution in [0, 0.1) is 13.8 Å². The number of carbonyl (C=O) groups is 1. The Morgan fingerprint density at radius 1 is 1.43 bits per heavy atom. The lowest BCUT2D eigenvalue weighted by atomic mass is 10.1. The van der Waals surface area contributed by atoms with Crippen molar-refractivity contribution in [3.8, 4) is 0 Å². The molecular weight excluding hydrogens is 318 g/mol. The molecule has 1 aromatic heterocycles. The summed E-state index contributed by atoms with van der Waals surface area (Å²) in [6.45, 7) is 6.54. The van der Waals surface area contributed by atoms with Crippen LogP contribution in [0.25, 0.3) is 0 Å². The van der Waals surface area contributed by atoms with Gasteiger partial charge in [0.05, 0.1) is 17.4 Å². The molecule has 0 saturated carbocycles. The van der Waals surface area contributed by atoms with Gasteiger partial charge in [0.2, 0.25) is 15.9 Å². The number of aromatic nitrogens is 2. The molecule has 1 aromatic rings. The minimum atomic E-state index is -3.80. The maximum absolute atomic E-state index is 12.5. The molecule has 1 aliphatic rings. The molecule has 1 amide bonds. The summed E-state index contributed by atoms with van der Waals surface area (Å²) in [5.74, 6) is -0.318. The van der Waals surface area contributed by atoms with Crippen molar-refractivity contribution in [2.75, 3.05) is 13.1 Å². The lowest BCUT2D eigenvalue weighted by molar-refractivity contribution is -0.123. The third-order valence-corrected chi connectivity index (χ3v) is 5.87. The van der Waals surface area contributed by atoms with Crippen molar-refractivity contribution in [1.82, 2.24) is 25.1 Å². The average molecular weight is 343 g/mol. The number of nitrogens with one attached hydrogen (secondary N) is 3. The molecule has 0 aliphatic carbocycles. The van der Waals surface area contributed by atoms with Gasteiger partial charge in [0.15, 0.2) is 0 Å². The topological polar surface area (TPSA) is 105 Å². The van der Waals surface area contributed by atoms with E-state index in [9.17, 15) is 13.2 Å². The molecule has 0 spiro atoms. The quantitative estimate of drug-likeness (QED) is 0.673. The Hall–Kier alpha value is -1.45. The minimum Gasteiger partial charge on any atom is -0.351 e. The summed E-state index contributed by atoms with van der Waals surface area (Å²) >= 11 is 0. The number of rotatable bonds is 5. The van der Waals surface area contributed by atoms with Gasteiger partial charge in [-0.05, 0) is 40.2 Å². The minimum absolute atomic E-state index is 0.0464. The Kier molecular flexibility index (Phi) is 5.43. The number of carbonyl (C=O) groups excluding carboxylic acids is 1. The Labute approximate surface area is 137 Å². The SMILES string of the molecule is Cc1nn(C)c(C)c1S(=O)(=O)NC(C)C(=O)N[C@H]1CCCNC1. The van der Waals surface area contributed by atoms with Crippen molar-refractivity contribution in [1.29, 1.82) is 0 Å². The van der Waals surface area contributed by atoms with Gasteiger partial charge in [0.25, 0.3) is 0 Å². The van der Waals surface area contributed by atoms with Gasteiger partial charge in [-0.1, -0.05) is 0 Å². The standard InChI is InChI=1S/C14H25N5O3S/c1-9-13(11(3)19(4)17-9)23(21,22)18-10(2)14(20)16-12-6-5-7-15-8-12/h10,12,15,18H,5-8H2,1-4H3,(H,16,20)/t10?,12-/m0/s1. The number of piperidine rings is 1. The highest BCUT2D eigenvalue weighted by atomic mass is 32.2. The van der Waals surface area contributed by atoms with Gasteiger partial charge >= 0.3 is 0 Å². The summed E-state index contributed by atoms with van der Waals surface area (Å²) in [7, 11) is -2.11. The van der Waals surface area contributed by atoms with Gasteiger partial charge in [-0.25, -0.2) is 8.42 Å². The first kappa shape index (κ1) is 17.9. The maximum atomic E-state index is 12.5. The van der Waals surface area contributed by atoms with E-state index in [-0.39, 0.29) is 16.8 Å². The predicted molar refractivity (Wildman–Crippen MR) is 86.5 cm³/mol. The van der Waals surface area contributed by atoms with E-state index in [1.807, 2.05) is 0 Å². The van der Waals surface area contributed by atoms with E-state index >= 15 is 0 Å². The highest BCUT2D eigenvalue weighted by Gasteiger charge is 2.28. The van der Waals surface area contributed by atoms with Crippen molar-refractivity contribution in [3.05, 3.63) is 11.4 Å². The number of amides is 1. The summed E-state index contributed by atoms with van der Waals surface area (Å²) in [5.41, 5.74) is 0.959. The molecule has 1 saturated heterocycles. The third kappa shape index (κ3) is 4.10. The molecule has 1 aliphatic heterocycles. The Morgan fingerprint density at radius 3 is 2.65 bits per heavy atom. The van der Waals surface area contributed by atoms with Crippen LogP contribution >= 0.6 is 0 Å². The van der Waals surface area contributed by atoms with Crippen molar-refractivity contribution >= 4 is 15.9 Å². The maximum Gasteiger partial charge on any atom is 0.244 e. The van der Waals surface area contributed by atoms with E-state index in [2.05, 4.69) is 20.5 Å². The largest absolute Gasteiger partial charge is 0.351 e. The van der Waals surface area contributed by atoms with Gasteiger partial charge in [0, 0.05) is 19.6 Å². The fraction of sp³-hybridized carbons (Fsp3) is 0.714. The molecule has 9 heteroatoms. The van der Waals surface area contributed by atoms with E-state index in [1.54, 1.807) is 27.8 Å². The van der Waals surface area contributed by atoms with Crippen LogP contribution in [-0.2, 0) is 21.9 Å². The number of hydrogen-bond donors (Lipinski definition) is 3. The second kappa shape index (κ2) is 6.98. The zero-order chi connectivity index (χ0) is 17.2. The average Bonchev–Trinajstić information content (AvgIpc) is 2.73. The highest BCUT2D eigenvalue weighted by molar-refractivity contribution is 7.89. The molecule has 0 aromatic carbocycles. The number of hydrogen-bond acceptors (Lipinski definition) is 5. The first-order chi connectivity index (χ1) is 10.7. The van der Waals surface area contributed by atoms with Gasteiger partial charge < -0.3 is 10.6 Å². The van der Waals surface area contributed by atoms with E-state index < -0.39 is 16.1 Å². The summed E-state index contributed by atoms with van der Waals surface area (Å²) in [5, 5.41) is 10.2. The van der Waals surface area contributed by atoms with E-state index in [0.29, 0.717) is 17.9 Å². The summed E-state index contributed by atoms with van der Waals surface area (Å²) < 4.78 is 29.0. The van der Waals surface area contributed by atoms with Crippen LogP contribution < -0.4 is 15.4 Å². The van der Waals surface area contributed by atoms with Crippen molar-refractivity contribution < 1.29 is 13.2 Å². The van der Waals surface area contributed by atoms with Crippen LogP contribution in [0.4, 0.5) is 0 Å². The lowest BCUT2D eigenvalue weighted by Gasteiger charge is -2.25. The van der Waals surface area contributed by atoms with Gasteiger partial charge in [-0.2, -0.15) is 9.82 Å². The van der Waals surface area contributed by atoms with E-state index in [1.165, 1.54) is 4.68 Å². The summed E-state index contributed by atoms with van der Waals surface area (Å²) in [4.78, 5) is 12.3. The van der Waals surface area contributed by atoms with Gasteiger partial charge in [-0.15, -0.1) is 0 Å². The first-order valence-electron chi connectivity index (χ1n) is 7.76. The number of sulfonamides is 1. The van der Waals surface area contributed by atoms with Crippen molar-refractivity contribution in [2.45, 2.75) is 50.6 Å². The molecule has 2 rings (SSSR count). The number of nitrogens with zero attached hydrogens (tertiary/aromatic N) is 2. The molecule has 2 atom stereocenters. The van der Waals surface area contributed by atoms with Gasteiger partial charge in [-0.3, -0.25) is 9.48 Å². The normalized spacial score (nSPS) is 20.3. The zero-order valence-corrected chi connectivity index (χ0v) is 14.8. The predicted octanol–water partition coefficient (Wildman–Crippen LogP) is -0.428.